The molecule has 6 rings (SSSR count). The molecule has 37 heavy (non-hydrogen) atoms. The minimum absolute atomic E-state index is 0.0500. The van der Waals surface area contributed by atoms with E-state index in [4.69, 9.17) is 4.74 Å². The highest BCUT2D eigenvalue weighted by Crippen LogP contribution is 2.57. The van der Waals surface area contributed by atoms with Gasteiger partial charge in [-0.2, -0.15) is 4.98 Å². The van der Waals surface area contributed by atoms with Crippen LogP contribution in [-0.4, -0.2) is 22.4 Å². The monoisotopic (exact) mass is 495 g/mol. The molecule has 1 saturated carbocycles. The van der Waals surface area contributed by atoms with Gasteiger partial charge < -0.3 is 20.3 Å². The van der Waals surface area contributed by atoms with E-state index in [1.54, 1.807) is 0 Å². The number of nitrogens with one attached hydrogen (secondary N) is 2. The molecule has 1 aliphatic carbocycles. The normalized spacial score (nSPS) is 14.8. The van der Waals surface area contributed by atoms with E-state index in [1.807, 2.05) is 84.6 Å². The molecule has 1 amide bonds. The summed E-state index contributed by atoms with van der Waals surface area (Å²) < 4.78 is 20.4. The molecule has 1 aromatic heterocycles. The van der Waals surface area contributed by atoms with E-state index in [0.29, 0.717) is 17.9 Å². The third-order valence-corrected chi connectivity index (χ3v) is 6.87. The lowest BCUT2D eigenvalue weighted by Crippen LogP contribution is -2.30. The summed E-state index contributed by atoms with van der Waals surface area (Å²) in [7, 11) is 0. The lowest BCUT2D eigenvalue weighted by Gasteiger charge is -2.17. The molecule has 0 radical (unpaired) electrons. The van der Waals surface area contributed by atoms with Crippen LogP contribution in [0.5, 0.6) is 11.5 Å². The van der Waals surface area contributed by atoms with Gasteiger partial charge in [-0.15, -0.1) is 0 Å². The molecule has 2 heterocycles. The molecule has 0 saturated heterocycles. The van der Waals surface area contributed by atoms with Gasteiger partial charge in [0.2, 0.25) is 11.9 Å². The van der Waals surface area contributed by atoms with Crippen molar-refractivity contribution in [2.45, 2.75) is 31.6 Å². The molecular weight excluding hydrogens is 469 g/mol. The van der Waals surface area contributed by atoms with E-state index in [1.165, 1.54) is 5.56 Å². The van der Waals surface area contributed by atoms with Crippen LogP contribution in [0.25, 0.3) is 0 Å². The average Bonchev–Trinajstić information content (AvgIpc) is 3.63. The smallest absolute Gasteiger partial charge is 0.229 e. The molecule has 2 aliphatic rings. The second kappa shape index (κ2) is 9.20. The summed E-state index contributed by atoms with van der Waals surface area (Å²) in [5, 5.41) is 6.17. The second-order valence-corrected chi connectivity index (χ2v) is 9.43. The molecule has 0 atom stereocenters. The molecule has 8 heteroatoms. The van der Waals surface area contributed by atoms with Gasteiger partial charge in [0.05, 0.1) is 6.20 Å². The van der Waals surface area contributed by atoms with Crippen molar-refractivity contribution in [1.29, 1.82) is 0 Å². The first kappa shape index (κ1) is 23.0. The predicted molar refractivity (Wildman–Crippen MR) is 142 cm³/mol. The number of ether oxygens (including phenoxy) is 1. The first-order valence-corrected chi connectivity index (χ1v) is 12.4. The van der Waals surface area contributed by atoms with Crippen LogP contribution in [0, 0.1) is 5.82 Å². The number of hydrogen-bond acceptors (Lipinski definition) is 6. The van der Waals surface area contributed by atoms with E-state index in [9.17, 15) is 9.18 Å². The van der Waals surface area contributed by atoms with Gasteiger partial charge in [0.25, 0.3) is 0 Å². The quantitative estimate of drug-likeness (QED) is 0.298. The number of nitrogens with zero attached hydrogens (tertiary/aromatic N) is 3. The number of benzene rings is 3. The van der Waals surface area contributed by atoms with E-state index >= 15 is 0 Å². The van der Waals surface area contributed by atoms with Crippen molar-refractivity contribution >= 4 is 34.7 Å². The number of carbonyl (C=O) groups excluding carboxylic acids is 1. The van der Waals surface area contributed by atoms with Gasteiger partial charge in [-0.1, -0.05) is 31.2 Å². The molecule has 186 valence electrons. The third kappa shape index (κ3) is 4.58. The number of rotatable bonds is 7. The van der Waals surface area contributed by atoms with Crippen molar-refractivity contribution in [3.05, 3.63) is 90.4 Å². The molecular formula is C29H26FN5O2. The van der Waals surface area contributed by atoms with Crippen LogP contribution >= 0.6 is 0 Å². The van der Waals surface area contributed by atoms with Crippen LogP contribution in [0.15, 0.2) is 79.0 Å². The molecule has 4 aromatic rings. The summed E-state index contributed by atoms with van der Waals surface area (Å²) in [5.41, 5.74) is 3.60. The molecule has 0 unspecified atom stereocenters. The zero-order valence-electron chi connectivity index (χ0n) is 20.4. The Bertz CT molecular complexity index is 1460. The Morgan fingerprint density at radius 2 is 1.73 bits per heavy atom. The van der Waals surface area contributed by atoms with Gasteiger partial charge in [0, 0.05) is 35.4 Å². The van der Waals surface area contributed by atoms with E-state index < -0.39 is 5.82 Å². The number of aromatic nitrogens is 2. The van der Waals surface area contributed by atoms with Crippen molar-refractivity contribution in [1.82, 2.24) is 9.97 Å². The zero-order valence-corrected chi connectivity index (χ0v) is 20.4. The fourth-order valence-corrected chi connectivity index (χ4v) is 4.76. The third-order valence-electron chi connectivity index (χ3n) is 6.87. The highest BCUT2D eigenvalue weighted by atomic mass is 19.1. The Hall–Kier alpha value is -4.46. The molecule has 1 fully saturated rings. The highest BCUT2D eigenvalue weighted by molar-refractivity contribution is 5.97. The summed E-state index contributed by atoms with van der Waals surface area (Å²) in [5.74, 6) is 1.27. The lowest BCUT2D eigenvalue weighted by atomic mass is 9.98. The number of carbonyl (C=O) groups is 1. The van der Waals surface area contributed by atoms with Crippen molar-refractivity contribution in [3.63, 3.8) is 0 Å². The second-order valence-electron chi connectivity index (χ2n) is 9.43. The number of fused-ring (bicyclic) bond motifs is 2. The highest BCUT2D eigenvalue weighted by Gasteiger charge is 2.52. The fraction of sp³-hybridized carbons (Fsp3) is 0.207. The number of para-hydroxylation sites is 1. The summed E-state index contributed by atoms with van der Waals surface area (Å²) in [4.78, 5) is 22.8. The van der Waals surface area contributed by atoms with Gasteiger partial charge in [-0.3, -0.25) is 4.79 Å². The molecule has 2 N–H and O–H groups in total. The van der Waals surface area contributed by atoms with Crippen LogP contribution in [-0.2, 0) is 10.2 Å². The van der Waals surface area contributed by atoms with E-state index in [0.717, 1.165) is 42.7 Å². The Kier molecular flexibility index (Phi) is 5.71. The Labute approximate surface area is 214 Å². The first-order chi connectivity index (χ1) is 18.0. The molecule has 0 bridgehead atoms. The van der Waals surface area contributed by atoms with Crippen LogP contribution in [0.1, 0.15) is 31.7 Å². The largest absolute Gasteiger partial charge is 0.457 e. The Morgan fingerprint density at radius 3 is 2.46 bits per heavy atom. The first-order valence-electron chi connectivity index (χ1n) is 12.4. The zero-order chi connectivity index (χ0) is 25.4. The van der Waals surface area contributed by atoms with Gasteiger partial charge in [-0.25, -0.2) is 9.37 Å². The van der Waals surface area contributed by atoms with Crippen LogP contribution < -0.4 is 20.3 Å². The van der Waals surface area contributed by atoms with E-state index in [2.05, 4.69) is 20.6 Å². The van der Waals surface area contributed by atoms with Crippen LogP contribution in [0.3, 0.4) is 0 Å². The number of hydrogen-bond donors (Lipinski definition) is 2. The average molecular weight is 496 g/mol. The molecule has 3 aromatic carbocycles. The summed E-state index contributed by atoms with van der Waals surface area (Å²) in [6.45, 7) is 2.60. The molecule has 1 aliphatic heterocycles. The predicted octanol–water partition coefficient (Wildman–Crippen LogP) is 6.68. The van der Waals surface area contributed by atoms with Crippen molar-refractivity contribution < 1.29 is 13.9 Å². The van der Waals surface area contributed by atoms with Gasteiger partial charge in [0.15, 0.2) is 11.6 Å². The maximum Gasteiger partial charge on any atom is 0.229 e. The number of amides is 1. The minimum Gasteiger partial charge on any atom is -0.457 e. The maximum atomic E-state index is 14.6. The van der Waals surface area contributed by atoms with Crippen molar-refractivity contribution in [2.75, 3.05) is 22.1 Å². The van der Waals surface area contributed by atoms with Crippen LogP contribution in [0.2, 0.25) is 0 Å². The maximum absolute atomic E-state index is 14.6. The van der Waals surface area contributed by atoms with E-state index in [-0.39, 0.29) is 23.1 Å². The Balaban J connectivity index is 1.18. The molecule has 7 nitrogen and oxygen atoms in total. The lowest BCUT2D eigenvalue weighted by molar-refractivity contribution is -0.118. The SMILES string of the molecule is CCC(=O)N1CC2(CC2)c2ccc(Nc3nc(Nc4ccc(Oc5ccccc5)cc4)ncc3F)cc21. The Morgan fingerprint density at radius 1 is 1.00 bits per heavy atom. The van der Waals surface area contributed by atoms with Crippen molar-refractivity contribution in [3.8, 4) is 11.5 Å². The summed E-state index contributed by atoms with van der Waals surface area (Å²) >= 11 is 0. The van der Waals surface area contributed by atoms with Gasteiger partial charge in [0.1, 0.15) is 11.5 Å². The number of halogens is 1. The fourth-order valence-electron chi connectivity index (χ4n) is 4.76. The van der Waals surface area contributed by atoms with Crippen molar-refractivity contribution in [2.24, 2.45) is 0 Å². The van der Waals surface area contributed by atoms with Gasteiger partial charge >= 0.3 is 0 Å². The topological polar surface area (TPSA) is 79.4 Å². The summed E-state index contributed by atoms with van der Waals surface area (Å²) in [6, 6.07) is 22.7. The number of anilines is 5. The molecule has 1 spiro atoms. The summed E-state index contributed by atoms with van der Waals surface area (Å²) in [6.07, 6.45) is 3.76. The van der Waals surface area contributed by atoms with Crippen LogP contribution in [0.4, 0.5) is 33.2 Å². The van der Waals surface area contributed by atoms with Gasteiger partial charge in [-0.05, 0) is 66.9 Å². The minimum atomic E-state index is -0.571. The standard InChI is InChI=1S/C29H26FN5O2/c1-2-26(36)35-18-29(14-15-29)23-13-10-20(16-25(23)35)32-27-24(30)17-31-28(34-27)33-19-8-11-22(12-9-19)37-21-6-4-3-5-7-21/h3-13,16-17H,2,14-15,18H2,1H3,(H2,31,32,33,34).